The van der Waals surface area contributed by atoms with Gasteiger partial charge in [-0.2, -0.15) is 0 Å². The van der Waals surface area contributed by atoms with Crippen LogP contribution in [-0.2, 0) is 0 Å². The standard InChI is InChI=1S/C15H23Cl2N/c1-4-18-14(10-5-7-11(2)3)12-8-6-9-13(16)15(12)17/h6,8-9,11,14,18H,4-5,7,10H2,1-3H3. The lowest BCUT2D eigenvalue weighted by atomic mass is 9.98. The van der Waals surface area contributed by atoms with Crippen LogP contribution in [0, 0.1) is 5.92 Å². The summed E-state index contributed by atoms with van der Waals surface area (Å²) in [5, 5.41) is 4.83. The number of benzene rings is 1. The van der Waals surface area contributed by atoms with Gasteiger partial charge in [-0.05, 0) is 30.5 Å². The van der Waals surface area contributed by atoms with E-state index in [-0.39, 0.29) is 0 Å². The van der Waals surface area contributed by atoms with E-state index in [2.05, 4.69) is 32.2 Å². The molecule has 18 heavy (non-hydrogen) atoms. The second kappa shape index (κ2) is 8.04. The zero-order chi connectivity index (χ0) is 13.5. The van der Waals surface area contributed by atoms with Crippen LogP contribution in [0.4, 0.5) is 0 Å². The lowest BCUT2D eigenvalue weighted by Crippen LogP contribution is -2.21. The molecule has 0 fully saturated rings. The largest absolute Gasteiger partial charge is 0.310 e. The van der Waals surface area contributed by atoms with Gasteiger partial charge < -0.3 is 5.32 Å². The van der Waals surface area contributed by atoms with Gasteiger partial charge >= 0.3 is 0 Å². The monoisotopic (exact) mass is 287 g/mol. The lowest BCUT2D eigenvalue weighted by molar-refractivity contribution is 0.455. The Balaban J connectivity index is 2.74. The Morgan fingerprint density at radius 2 is 1.89 bits per heavy atom. The zero-order valence-corrected chi connectivity index (χ0v) is 13.0. The van der Waals surface area contributed by atoms with Crippen LogP contribution in [0.15, 0.2) is 18.2 Å². The van der Waals surface area contributed by atoms with E-state index in [0.29, 0.717) is 16.1 Å². The lowest BCUT2D eigenvalue weighted by Gasteiger charge is -2.20. The molecular weight excluding hydrogens is 265 g/mol. The summed E-state index contributed by atoms with van der Waals surface area (Å²) in [6.45, 7) is 7.58. The molecule has 0 aliphatic heterocycles. The Bertz CT molecular complexity index is 364. The van der Waals surface area contributed by atoms with E-state index in [1.165, 1.54) is 12.8 Å². The van der Waals surface area contributed by atoms with Crippen molar-refractivity contribution in [3.8, 4) is 0 Å². The van der Waals surface area contributed by atoms with Crippen LogP contribution in [0.2, 0.25) is 10.0 Å². The van der Waals surface area contributed by atoms with Gasteiger partial charge in [0.1, 0.15) is 0 Å². The molecule has 1 rings (SSSR count). The molecule has 0 bridgehead atoms. The average molecular weight is 288 g/mol. The SMILES string of the molecule is CCNC(CCCC(C)C)c1cccc(Cl)c1Cl. The van der Waals surface area contributed by atoms with Gasteiger partial charge in [0.15, 0.2) is 0 Å². The number of hydrogen-bond acceptors (Lipinski definition) is 1. The third kappa shape index (κ3) is 4.79. The van der Waals surface area contributed by atoms with Crippen LogP contribution in [0.5, 0.6) is 0 Å². The molecule has 0 aliphatic carbocycles. The topological polar surface area (TPSA) is 12.0 Å². The number of rotatable bonds is 7. The Labute approximate surface area is 121 Å². The van der Waals surface area contributed by atoms with E-state index < -0.39 is 0 Å². The third-order valence-corrected chi connectivity index (χ3v) is 3.92. The smallest absolute Gasteiger partial charge is 0.0640 e. The highest BCUT2D eigenvalue weighted by atomic mass is 35.5. The minimum absolute atomic E-state index is 0.306. The molecule has 1 N–H and O–H groups in total. The normalized spacial score (nSPS) is 13.0. The molecule has 0 spiro atoms. The van der Waals surface area contributed by atoms with Crippen LogP contribution >= 0.6 is 23.2 Å². The van der Waals surface area contributed by atoms with Crippen molar-refractivity contribution in [3.63, 3.8) is 0 Å². The van der Waals surface area contributed by atoms with Gasteiger partial charge in [0, 0.05) is 6.04 Å². The molecule has 102 valence electrons. The molecule has 0 aromatic heterocycles. The summed E-state index contributed by atoms with van der Waals surface area (Å²) in [7, 11) is 0. The molecule has 1 unspecified atom stereocenters. The maximum absolute atomic E-state index is 6.29. The Kier molecular flexibility index (Phi) is 7.06. The van der Waals surface area contributed by atoms with Crippen molar-refractivity contribution in [2.45, 2.75) is 46.1 Å². The van der Waals surface area contributed by atoms with Gasteiger partial charge in [-0.3, -0.25) is 0 Å². The van der Waals surface area contributed by atoms with Crippen molar-refractivity contribution in [2.75, 3.05) is 6.54 Å². The maximum Gasteiger partial charge on any atom is 0.0640 e. The molecule has 1 atom stereocenters. The van der Waals surface area contributed by atoms with E-state index >= 15 is 0 Å². The molecular formula is C15H23Cl2N. The predicted octanol–water partition coefficient (Wildman–Crippen LogP) is 5.47. The van der Waals surface area contributed by atoms with E-state index in [9.17, 15) is 0 Å². The van der Waals surface area contributed by atoms with Gasteiger partial charge in [0.25, 0.3) is 0 Å². The van der Waals surface area contributed by atoms with E-state index in [0.717, 1.165) is 24.4 Å². The highest BCUT2D eigenvalue weighted by molar-refractivity contribution is 6.42. The average Bonchev–Trinajstić information content (AvgIpc) is 2.31. The van der Waals surface area contributed by atoms with Crippen LogP contribution in [0.25, 0.3) is 0 Å². The minimum atomic E-state index is 0.306. The summed E-state index contributed by atoms with van der Waals surface area (Å²) in [5.74, 6) is 0.752. The molecule has 0 amide bonds. The van der Waals surface area contributed by atoms with E-state index in [4.69, 9.17) is 23.2 Å². The van der Waals surface area contributed by atoms with Crippen molar-refractivity contribution >= 4 is 23.2 Å². The van der Waals surface area contributed by atoms with Crippen molar-refractivity contribution in [1.29, 1.82) is 0 Å². The molecule has 0 aliphatic rings. The molecule has 1 aromatic rings. The summed E-state index contributed by atoms with van der Waals surface area (Å²) in [6, 6.07) is 6.18. The van der Waals surface area contributed by atoms with Crippen molar-refractivity contribution in [3.05, 3.63) is 33.8 Å². The van der Waals surface area contributed by atoms with Crippen molar-refractivity contribution in [2.24, 2.45) is 5.92 Å². The minimum Gasteiger partial charge on any atom is -0.310 e. The third-order valence-electron chi connectivity index (χ3n) is 3.08. The maximum atomic E-state index is 6.29. The van der Waals surface area contributed by atoms with Gasteiger partial charge in [-0.15, -0.1) is 0 Å². The number of hydrogen-bond donors (Lipinski definition) is 1. The Hall–Kier alpha value is -0.240. The summed E-state index contributed by atoms with van der Waals surface area (Å²) in [6.07, 6.45) is 3.56. The van der Waals surface area contributed by atoms with Gasteiger partial charge in [-0.25, -0.2) is 0 Å². The highest BCUT2D eigenvalue weighted by Gasteiger charge is 2.15. The molecule has 0 saturated carbocycles. The van der Waals surface area contributed by atoms with Crippen LogP contribution < -0.4 is 5.32 Å². The van der Waals surface area contributed by atoms with Gasteiger partial charge in [-0.1, -0.05) is 68.9 Å². The molecule has 0 heterocycles. The van der Waals surface area contributed by atoms with Gasteiger partial charge in [0.2, 0.25) is 0 Å². The van der Waals surface area contributed by atoms with E-state index in [1.807, 2.05) is 12.1 Å². The van der Waals surface area contributed by atoms with Crippen LogP contribution in [-0.4, -0.2) is 6.54 Å². The second-order valence-electron chi connectivity index (χ2n) is 5.08. The van der Waals surface area contributed by atoms with E-state index in [1.54, 1.807) is 0 Å². The fourth-order valence-corrected chi connectivity index (χ4v) is 2.57. The molecule has 1 aromatic carbocycles. The molecule has 3 heteroatoms. The first-order valence-electron chi connectivity index (χ1n) is 6.73. The first kappa shape index (κ1) is 15.8. The van der Waals surface area contributed by atoms with Gasteiger partial charge in [0.05, 0.1) is 10.0 Å². The van der Waals surface area contributed by atoms with Crippen LogP contribution in [0.3, 0.4) is 0 Å². The summed E-state index contributed by atoms with van der Waals surface area (Å²) >= 11 is 12.4. The quantitative estimate of drug-likeness (QED) is 0.701. The fraction of sp³-hybridized carbons (Fsp3) is 0.600. The summed E-state index contributed by atoms with van der Waals surface area (Å²) in [5.41, 5.74) is 1.12. The summed E-state index contributed by atoms with van der Waals surface area (Å²) in [4.78, 5) is 0. The molecule has 0 radical (unpaired) electrons. The van der Waals surface area contributed by atoms with Crippen LogP contribution in [0.1, 0.15) is 51.6 Å². The van der Waals surface area contributed by atoms with Crippen molar-refractivity contribution in [1.82, 2.24) is 5.32 Å². The second-order valence-corrected chi connectivity index (χ2v) is 5.86. The number of halogens is 2. The predicted molar refractivity (Wildman–Crippen MR) is 81.6 cm³/mol. The molecule has 1 nitrogen and oxygen atoms in total. The summed E-state index contributed by atoms with van der Waals surface area (Å²) < 4.78 is 0. The first-order chi connectivity index (χ1) is 8.56. The fourth-order valence-electron chi connectivity index (χ4n) is 2.13. The first-order valence-corrected chi connectivity index (χ1v) is 7.49. The Morgan fingerprint density at radius 1 is 1.17 bits per heavy atom. The zero-order valence-electron chi connectivity index (χ0n) is 11.5. The molecule has 0 saturated heterocycles. The highest BCUT2D eigenvalue weighted by Crippen LogP contribution is 2.32. The van der Waals surface area contributed by atoms with Crippen molar-refractivity contribution < 1.29 is 0 Å². The number of nitrogens with one attached hydrogen (secondary N) is 1. The Morgan fingerprint density at radius 3 is 2.50 bits per heavy atom.